The highest BCUT2D eigenvalue weighted by atomic mass is 16.4. The van der Waals surface area contributed by atoms with Crippen LogP contribution in [0, 0.1) is 6.92 Å². The van der Waals surface area contributed by atoms with E-state index in [1.54, 1.807) is 6.92 Å². The largest absolute Gasteiger partial charge is 0.479 e. The molecule has 0 radical (unpaired) electrons. The molecule has 6 heteroatoms. The number of rotatable bonds is 4. The molecule has 1 aromatic rings. The van der Waals surface area contributed by atoms with Crippen LogP contribution >= 0.6 is 0 Å². The number of aryl methyl sites for hydroxylation is 1. The van der Waals surface area contributed by atoms with Gasteiger partial charge in [0.2, 0.25) is 5.76 Å². The minimum Gasteiger partial charge on any atom is -0.479 e. The van der Waals surface area contributed by atoms with Gasteiger partial charge in [-0.3, -0.25) is 4.79 Å². The van der Waals surface area contributed by atoms with Crippen LogP contribution in [0.15, 0.2) is 10.8 Å². The molecule has 0 aliphatic carbocycles. The number of oxazole rings is 1. The van der Waals surface area contributed by atoms with Crippen LogP contribution in [0.2, 0.25) is 0 Å². The lowest BCUT2D eigenvalue weighted by Gasteiger charge is -2.34. The molecule has 0 spiro atoms. The summed E-state index contributed by atoms with van der Waals surface area (Å²) in [6, 6.07) is 0. The second-order valence-corrected chi connectivity index (χ2v) is 4.91. The lowest BCUT2D eigenvalue weighted by Crippen LogP contribution is -2.53. The van der Waals surface area contributed by atoms with E-state index < -0.39 is 11.5 Å². The van der Waals surface area contributed by atoms with Gasteiger partial charge >= 0.3 is 5.97 Å². The molecule has 2 rings (SSSR count). The highest BCUT2D eigenvalue weighted by Gasteiger charge is 2.50. The summed E-state index contributed by atoms with van der Waals surface area (Å²) in [4.78, 5) is 29.4. The number of aliphatic carboxylic acids is 1. The summed E-state index contributed by atoms with van der Waals surface area (Å²) in [6.07, 6.45) is 3.58. The number of amides is 1. The van der Waals surface area contributed by atoms with E-state index in [0.29, 0.717) is 37.9 Å². The Bertz CT molecular complexity index is 497. The average molecular weight is 266 g/mol. The van der Waals surface area contributed by atoms with Crippen LogP contribution < -0.4 is 0 Å². The standard InChI is InChI=1S/C13H18N2O4/c1-3-5-13(12(17)18)6-4-7-15(13)11(16)10-9(2)14-8-19-10/h8H,3-7H2,1-2H3,(H,17,18). The van der Waals surface area contributed by atoms with E-state index in [1.165, 1.54) is 11.3 Å². The molecule has 1 aliphatic rings. The van der Waals surface area contributed by atoms with Gasteiger partial charge in [-0.05, 0) is 26.2 Å². The fraction of sp³-hybridized carbons (Fsp3) is 0.615. The van der Waals surface area contributed by atoms with E-state index in [-0.39, 0.29) is 11.7 Å². The van der Waals surface area contributed by atoms with Gasteiger partial charge in [0.1, 0.15) is 5.54 Å². The highest BCUT2D eigenvalue weighted by molar-refractivity contribution is 5.97. The molecular weight excluding hydrogens is 248 g/mol. The smallest absolute Gasteiger partial charge is 0.329 e. The Labute approximate surface area is 111 Å². The van der Waals surface area contributed by atoms with Gasteiger partial charge in [-0.1, -0.05) is 13.3 Å². The molecule has 6 nitrogen and oxygen atoms in total. The first kappa shape index (κ1) is 13.6. The molecule has 1 atom stereocenters. The monoisotopic (exact) mass is 266 g/mol. The maximum absolute atomic E-state index is 12.5. The quantitative estimate of drug-likeness (QED) is 0.899. The molecule has 0 aromatic carbocycles. The average Bonchev–Trinajstić information content (AvgIpc) is 2.96. The molecule has 2 heterocycles. The van der Waals surface area contributed by atoms with Crippen molar-refractivity contribution in [2.45, 2.75) is 45.1 Å². The zero-order valence-corrected chi connectivity index (χ0v) is 11.2. The van der Waals surface area contributed by atoms with Crippen LogP contribution in [0.1, 0.15) is 48.9 Å². The summed E-state index contributed by atoms with van der Waals surface area (Å²) in [5.74, 6) is -1.16. The third-order valence-electron chi connectivity index (χ3n) is 3.74. The second kappa shape index (κ2) is 5.03. The number of carboxylic acids is 1. The fourth-order valence-electron chi connectivity index (χ4n) is 2.81. The van der Waals surface area contributed by atoms with Crippen LogP contribution in [0.5, 0.6) is 0 Å². The van der Waals surface area contributed by atoms with E-state index in [1.807, 2.05) is 6.92 Å². The summed E-state index contributed by atoms with van der Waals surface area (Å²) in [7, 11) is 0. The topological polar surface area (TPSA) is 83.6 Å². The van der Waals surface area contributed by atoms with E-state index in [9.17, 15) is 14.7 Å². The number of carbonyl (C=O) groups excluding carboxylic acids is 1. The second-order valence-electron chi connectivity index (χ2n) is 4.91. The van der Waals surface area contributed by atoms with Crippen molar-refractivity contribution in [2.75, 3.05) is 6.54 Å². The number of aromatic nitrogens is 1. The minimum atomic E-state index is -1.09. The first-order valence-electron chi connectivity index (χ1n) is 6.48. The van der Waals surface area contributed by atoms with Crippen molar-refractivity contribution in [1.82, 2.24) is 9.88 Å². The van der Waals surface area contributed by atoms with Crippen molar-refractivity contribution in [2.24, 2.45) is 0 Å². The van der Waals surface area contributed by atoms with Gasteiger partial charge in [-0.2, -0.15) is 0 Å². The van der Waals surface area contributed by atoms with Crippen molar-refractivity contribution in [3.63, 3.8) is 0 Å². The fourth-order valence-corrected chi connectivity index (χ4v) is 2.81. The van der Waals surface area contributed by atoms with Crippen molar-refractivity contribution >= 4 is 11.9 Å². The number of nitrogens with zero attached hydrogens (tertiary/aromatic N) is 2. The van der Waals surface area contributed by atoms with E-state index in [2.05, 4.69) is 4.98 Å². The number of hydrogen-bond donors (Lipinski definition) is 1. The molecule has 1 amide bonds. The Morgan fingerprint density at radius 2 is 2.32 bits per heavy atom. The van der Waals surface area contributed by atoms with Crippen LogP contribution in [-0.2, 0) is 4.79 Å². The third-order valence-corrected chi connectivity index (χ3v) is 3.74. The summed E-state index contributed by atoms with van der Waals surface area (Å²) >= 11 is 0. The SMILES string of the molecule is CCCC1(C(=O)O)CCCN1C(=O)c1ocnc1C. The Morgan fingerprint density at radius 1 is 1.58 bits per heavy atom. The van der Waals surface area contributed by atoms with Gasteiger partial charge in [0, 0.05) is 6.54 Å². The lowest BCUT2D eigenvalue weighted by molar-refractivity contribution is -0.148. The van der Waals surface area contributed by atoms with Gasteiger partial charge in [0.25, 0.3) is 5.91 Å². The summed E-state index contributed by atoms with van der Waals surface area (Å²) in [5.41, 5.74) is -0.599. The predicted molar refractivity (Wildman–Crippen MR) is 66.8 cm³/mol. The molecule has 1 unspecified atom stereocenters. The van der Waals surface area contributed by atoms with E-state index in [4.69, 9.17) is 4.42 Å². The minimum absolute atomic E-state index is 0.142. The number of carbonyl (C=O) groups is 2. The first-order valence-corrected chi connectivity index (χ1v) is 6.48. The Morgan fingerprint density at radius 3 is 2.84 bits per heavy atom. The summed E-state index contributed by atoms with van der Waals surface area (Å²) in [6.45, 7) is 4.05. The van der Waals surface area contributed by atoms with Crippen LogP contribution in [0.3, 0.4) is 0 Å². The molecule has 1 saturated heterocycles. The predicted octanol–water partition coefficient (Wildman–Crippen LogP) is 1.84. The molecule has 0 bridgehead atoms. The van der Waals surface area contributed by atoms with Gasteiger partial charge in [0.15, 0.2) is 6.39 Å². The summed E-state index contributed by atoms with van der Waals surface area (Å²) < 4.78 is 5.09. The molecule has 19 heavy (non-hydrogen) atoms. The van der Waals surface area contributed by atoms with Crippen LogP contribution in [0.25, 0.3) is 0 Å². The third kappa shape index (κ3) is 2.11. The molecule has 1 aliphatic heterocycles. The zero-order chi connectivity index (χ0) is 14.0. The van der Waals surface area contributed by atoms with Crippen molar-refractivity contribution in [3.05, 3.63) is 17.8 Å². The number of likely N-dealkylation sites (tertiary alicyclic amines) is 1. The molecular formula is C13H18N2O4. The number of hydrogen-bond acceptors (Lipinski definition) is 4. The van der Waals surface area contributed by atoms with E-state index >= 15 is 0 Å². The van der Waals surface area contributed by atoms with Crippen LogP contribution in [0.4, 0.5) is 0 Å². The van der Waals surface area contributed by atoms with Gasteiger partial charge in [-0.25, -0.2) is 9.78 Å². The Kier molecular flexibility index (Phi) is 3.59. The summed E-state index contributed by atoms with van der Waals surface area (Å²) in [5, 5.41) is 9.54. The molecule has 0 saturated carbocycles. The van der Waals surface area contributed by atoms with Crippen molar-refractivity contribution in [3.8, 4) is 0 Å². The highest BCUT2D eigenvalue weighted by Crippen LogP contribution is 2.35. The first-order chi connectivity index (χ1) is 9.03. The molecule has 1 aromatic heterocycles. The zero-order valence-electron chi connectivity index (χ0n) is 11.2. The maximum atomic E-state index is 12.5. The Balaban J connectivity index is 2.35. The lowest BCUT2D eigenvalue weighted by atomic mass is 9.90. The van der Waals surface area contributed by atoms with Crippen molar-refractivity contribution in [1.29, 1.82) is 0 Å². The van der Waals surface area contributed by atoms with Crippen LogP contribution in [-0.4, -0.2) is 39.0 Å². The van der Waals surface area contributed by atoms with Crippen molar-refractivity contribution < 1.29 is 19.1 Å². The van der Waals surface area contributed by atoms with Gasteiger partial charge < -0.3 is 14.4 Å². The van der Waals surface area contributed by atoms with Gasteiger partial charge in [0.05, 0.1) is 5.69 Å². The Hall–Kier alpha value is -1.85. The molecule has 1 fully saturated rings. The van der Waals surface area contributed by atoms with Gasteiger partial charge in [-0.15, -0.1) is 0 Å². The number of carboxylic acid groups (broad SMARTS) is 1. The molecule has 1 N–H and O–H groups in total. The maximum Gasteiger partial charge on any atom is 0.329 e. The normalized spacial score (nSPS) is 22.7. The molecule has 104 valence electrons. The van der Waals surface area contributed by atoms with E-state index in [0.717, 1.165) is 0 Å².